The van der Waals surface area contributed by atoms with Crippen LogP contribution in [0.1, 0.15) is 47.2 Å². The number of fused-ring (bicyclic) bond motifs is 1. The van der Waals surface area contributed by atoms with Gasteiger partial charge in [-0.1, -0.05) is 84.8 Å². The lowest BCUT2D eigenvalue weighted by Crippen LogP contribution is -2.25. The van der Waals surface area contributed by atoms with Crippen LogP contribution in [0.15, 0.2) is 65.5 Å². The lowest BCUT2D eigenvalue weighted by molar-refractivity contribution is 0.244. The second-order valence-corrected chi connectivity index (χ2v) is 9.04. The second-order valence-electron chi connectivity index (χ2n) is 8.00. The van der Waals surface area contributed by atoms with Gasteiger partial charge >= 0.3 is 0 Å². The minimum Gasteiger partial charge on any atom is -0.289 e. The molecule has 0 fully saturated rings. The summed E-state index contributed by atoms with van der Waals surface area (Å²) in [6.45, 7) is 6.45. The van der Waals surface area contributed by atoms with Gasteiger partial charge in [0.25, 0.3) is 5.56 Å². The first kappa shape index (κ1) is 21.4. The number of nitrogens with zero attached hydrogens (tertiary/aromatic N) is 4. The Morgan fingerprint density at radius 1 is 0.968 bits per heavy atom. The molecule has 0 aliphatic heterocycles. The van der Waals surface area contributed by atoms with Crippen molar-refractivity contribution >= 4 is 16.3 Å². The maximum atomic E-state index is 12.7. The normalized spacial score (nSPS) is 11.5. The van der Waals surface area contributed by atoms with Crippen LogP contribution in [0.2, 0.25) is 0 Å². The van der Waals surface area contributed by atoms with Gasteiger partial charge in [-0.05, 0) is 24.5 Å². The molecule has 0 bridgehead atoms. The van der Waals surface area contributed by atoms with E-state index in [4.69, 9.17) is 4.98 Å². The molecule has 4 rings (SSSR count). The zero-order valence-electron chi connectivity index (χ0n) is 18.1. The molecule has 2 aromatic carbocycles. The van der Waals surface area contributed by atoms with Crippen LogP contribution in [0, 0.1) is 6.92 Å². The molecule has 2 heterocycles. The molecule has 0 N–H and O–H groups in total. The minimum absolute atomic E-state index is 0.103. The molecular weight excluding hydrogens is 404 g/mol. The van der Waals surface area contributed by atoms with Crippen LogP contribution < -0.4 is 5.56 Å². The molecule has 160 valence electrons. The van der Waals surface area contributed by atoms with E-state index >= 15 is 0 Å². The van der Waals surface area contributed by atoms with Gasteiger partial charge in [0.15, 0.2) is 0 Å². The standard InChI is InChI=1S/C25H28N4OS/c1-3-4-10-23-27-29-24(30)15-22(26-25(29)31-23)18-28(16-20-8-6-5-7-9-20)17-21-13-11-19(2)12-14-21/h5-9,11-15H,3-4,10,16-18H2,1-2H3. The summed E-state index contributed by atoms with van der Waals surface area (Å²) < 4.78 is 1.45. The van der Waals surface area contributed by atoms with E-state index in [1.807, 2.05) is 6.07 Å². The summed E-state index contributed by atoms with van der Waals surface area (Å²) in [6.07, 6.45) is 3.08. The van der Waals surface area contributed by atoms with Crippen LogP contribution in [0.25, 0.3) is 4.96 Å². The van der Waals surface area contributed by atoms with Crippen molar-refractivity contribution in [3.63, 3.8) is 0 Å². The Morgan fingerprint density at radius 2 is 1.68 bits per heavy atom. The van der Waals surface area contributed by atoms with E-state index in [9.17, 15) is 4.79 Å². The fourth-order valence-electron chi connectivity index (χ4n) is 3.60. The average Bonchev–Trinajstić information content (AvgIpc) is 3.18. The number of hydrogen-bond donors (Lipinski definition) is 0. The van der Waals surface area contributed by atoms with E-state index in [0.717, 1.165) is 43.1 Å². The van der Waals surface area contributed by atoms with Crippen LogP contribution in [0.4, 0.5) is 0 Å². The number of aromatic nitrogens is 3. The molecule has 0 saturated heterocycles. The highest BCUT2D eigenvalue weighted by Crippen LogP contribution is 2.17. The minimum atomic E-state index is -0.103. The topological polar surface area (TPSA) is 50.5 Å². The van der Waals surface area contributed by atoms with Gasteiger partial charge in [0.1, 0.15) is 5.01 Å². The molecule has 0 spiro atoms. The molecular formula is C25H28N4OS. The molecule has 0 unspecified atom stereocenters. The van der Waals surface area contributed by atoms with Crippen molar-refractivity contribution in [2.45, 2.75) is 52.7 Å². The Kier molecular flexibility index (Phi) is 6.89. The average molecular weight is 433 g/mol. The summed E-state index contributed by atoms with van der Waals surface area (Å²) in [7, 11) is 0. The van der Waals surface area contributed by atoms with Crippen molar-refractivity contribution in [3.05, 3.63) is 98.4 Å². The summed E-state index contributed by atoms with van der Waals surface area (Å²) >= 11 is 1.52. The first-order chi connectivity index (χ1) is 15.1. The molecule has 0 radical (unpaired) electrons. The number of rotatable bonds is 9. The summed E-state index contributed by atoms with van der Waals surface area (Å²) in [4.78, 5) is 20.5. The molecule has 5 nitrogen and oxygen atoms in total. The second kappa shape index (κ2) is 9.98. The third-order valence-corrected chi connectivity index (χ3v) is 6.21. The lowest BCUT2D eigenvalue weighted by atomic mass is 10.1. The molecule has 4 aromatic rings. The highest BCUT2D eigenvalue weighted by atomic mass is 32.1. The van der Waals surface area contributed by atoms with Crippen molar-refractivity contribution < 1.29 is 0 Å². The predicted molar refractivity (Wildman–Crippen MR) is 126 cm³/mol. The Bertz CT molecular complexity index is 1180. The lowest BCUT2D eigenvalue weighted by Gasteiger charge is -2.22. The van der Waals surface area contributed by atoms with Crippen molar-refractivity contribution in [2.24, 2.45) is 0 Å². The Balaban J connectivity index is 1.59. The van der Waals surface area contributed by atoms with E-state index in [2.05, 4.69) is 72.4 Å². The third kappa shape index (κ3) is 5.66. The number of unbranched alkanes of at least 4 members (excludes halogenated alkanes) is 1. The van der Waals surface area contributed by atoms with E-state index in [1.165, 1.54) is 32.5 Å². The van der Waals surface area contributed by atoms with E-state index < -0.39 is 0 Å². The number of benzene rings is 2. The van der Waals surface area contributed by atoms with Gasteiger partial charge in [0.2, 0.25) is 4.96 Å². The molecule has 0 amide bonds. The highest BCUT2D eigenvalue weighted by molar-refractivity contribution is 7.16. The largest absolute Gasteiger partial charge is 0.289 e. The maximum absolute atomic E-state index is 12.7. The SMILES string of the molecule is CCCCc1nn2c(=O)cc(CN(Cc3ccccc3)Cc3ccc(C)cc3)nc2s1. The first-order valence-corrected chi connectivity index (χ1v) is 11.6. The molecule has 0 aliphatic rings. The van der Waals surface area contributed by atoms with Crippen molar-refractivity contribution in [2.75, 3.05) is 0 Å². The van der Waals surface area contributed by atoms with Crippen LogP contribution in [0.3, 0.4) is 0 Å². The van der Waals surface area contributed by atoms with Crippen molar-refractivity contribution in [1.82, 2.24) is 19.5 Å². The van der Waals surface area contributed by atoms with Gasteiger partial charge in [0, 0.05) is 32.1 Å². The van der Waals surface area contributed by atoms with E-state index in [0.29, 0.717) is 11.5 Å². The molecule has 0 aliphatic carbocycles. The summed E-state index contributed by atoms with van der Waals surface area (Å²) in [5.41, 5.74) is 4.43. The Labute approximate surface area is 187 Å². The van der Waals surface area contributed by atoms with Crippen LogP contribution in [-0.2, 0) is 26.1 Å². The zero-order valence-corrected chi connectivity index (χ0v) is 18.9. The Hall–Kier alpha value is -2.83. The quantitative estimate of drug-likeness (QED) is 0.373. The maximum Gasteiger partial charge on any atom is 0.275 e. The van der Waals surface area contributed by atoms with Gasteiger partial charge in [-0.3, -0.25) is 9.69 Å². The smallest absolute Gasteiger partial charge is 0.275 e. The molecule has 6 heteroatoms. The molecule has 31 heavy (non-hydrogen) atoms. The summed E-state index contributed by atoms with van der Waals surface area (Å²) in [6, 6.07) is 20.7. The highest BCUT2D eigenvalue weighted by Gasteiger charge is 2.13. The van der Waals surface area contributed by atoms with Crippen LogP contribution >= 0.6 is 11.3 Å². The summed E-state index contributed by atoms with van der Waals surface area (Å²) in [5.74, 6) is 0. The van der Waals surface area contributed by atoms with Crippen molar-refractivity contribution in [1.29, 1.82) is 0 Å². The van der Waals surface area contributed by atoms with E-state index in [1.54, 1.807) is 6.07 Å². The fourth-order valence-corrected chi connectivity index (χ4v) is 4.56. The van der Waals surface area contributed by atoms with Gasteiger partial charge in [-0.25, -0.2) is 4.98 Å². The van der Waals surface area contributed by atoms with E-state index in [-0.39, 0.29) is 5.56 Å². The molecule has 0 atom stereocenters. The van der Waals surface area contributed by atoms with Gasteiger partial charge < -0.3 is 0 Å². The number of aryl methyl sites for hydroxylation is 2. The monoisotopic (exact) mass is 432 g/mol. The Morgan fingerprint density at radius 3 is 2.39 bits per heavy atom. The van der Waals surface area contributed by atoms with Gasteiger partial charge in [-0.2, -0.15) is 9.61 Å². The molecule has 2 aromatic heterocycles. The predicted octanol–water partition coefficient (Wildman–Crippen LogP) is 5.00. The van der Waals surface area contributed by atoms with Gasteiger partial charge in [-0.15, -0.1) is 0 Å². The third-order valence-electron chi connectivity index (χ3n) is 5.25. The zero-order chi connectivity index (χ0) is 21.6. The van der Waals surface area contributed by atoms with Crippen LogP contribution in [-0.4, -0.2) is 19.5 Å². The van der Waals surface area contributed by atoms with Crippen LogP contribution in [0.5, 0.6) is 0 Å². The molecule has 0 saturated carbocycles. The van der Waals surface area contributed by atoms with Crippen molar-refractivity contribution in [3.8, 4) is 0 Å². The summed E-state index contributed by atoms with van der Waals surface area (Å²) in [5, 5.41) is 5.44. The fraction of sp³-hybridized carbons (Fsp3) is 0.320. The first-order valence-electron chi connectivity index (χ1n) is 10.8. The van der Waals surface area contributed by atoms with Gasteiger partial charge in [0.05, 0.1) is 5.69 Å². The number of hydrogen-bond acceptors (Lipinski definition) is 5.